The summed E-state index contributed by atoms with van der Waals surface area (Å²) >= 11 is 0. The number of hydrogen-bond donors (Lipinski definition) is 2. The summed E-state index contributed by atoms with van der Waals surface area (Å²) in [5.74, 6) is -1.65. The topological polar surface area (TPSA) is 58.2 Å². The Morgan fingerprint density at radius 2 is 1.80 bits per heavy atom. The molecule has 0 heterocycles. The third kappa shape index (κ3) is 5.35. The van der Waals surface area contributed by atoms with E-state index < -0.39 is 22.1 Å². The van der Waals surface area contributed by atoms with Crippen LogP contribution in [0.5, 0.6) is 0 Å². The van der Waals surface area contributed by atoms with Gasteiger partial charge in [0.1, 0.15) is 0 Å². The van der Waals surface area contributed by atoms with Gasteiger partial charge in [0, 0.05) is 11.7 Å². The smallest absolute Gasteiger partial charge is 0.314 e. The van der Waals surface area contributed by atoms with Gasteiger partial charge in [-0.2, -0.15) is 13.2 Å². The molecule has 0 aromatic heterocycles. The quantitative estimate of drug-likeness (QED) is 0.636. The molecule has 2 N–H and O–H groups in total. The van der Waals surface area contributed by atoms with Gasteiger partial charge in [-0.1, -0.05) is 25.1 Å². The molecule has 4 nitrogen and oxygen atoms in total. The number of hydrogen-bond acceptors (Lipinski definition) is 3. The van der Waals surface area contributed by atoms with Crippen LogP contribution in [0.2, 0.25) is 0 Å². The zero-order chi connectivity index (χ0) is 21.9. The zero-order valence-corrected chi connectivity index (χ0v) is 17.9. The highest BCUT2D eigenvalue weighted by Gasteiger charge is 2.37. The average Bonchev–Trinajstić information content (AvgIpc) is 2.70. The van der Waals surface area contributed by atoms with Crippen molar-refractivity contribution in [3.8, 4) is 0 Å². The summed E-state index contributed by atoms with van der Waals surface area (Å²) in [7, 11) is -3.88. The molecule has 0 saturated carbocycles. The predicted octanol–water partition coefficient (Wildman–Crippen LogP) is 5.01. The Labute approximate surface area is 175 Å². The molecule has 1 aliphatic carbocycles. The number of benzene rings is 2. The number of aryl methyl sites for hydroxylation is 1. The maximum atomic E-state index is 12.8. The van der Waals surface area contributed by atoms with Crippen molar-refractivity contribution in [2.24, 2.45) is 0 Å². The Kier molecular flexibility index (Phi) is 6.77. The van der Waals surface area contributed by atoms with Crippen molar-refractivity contribution in [1.29, 1.82) is 0 Å². The van der Waals surface area contributed by atoms with Crippen LogP contribution in [0.1, 0.15) is 49.3 Å². The molecule has 0 spiro atoms. The van der Waals surface area contributed by atoms with Gasteiger partial charge in [0.25, 0.3) is 10.0 Å². The third-order valence-electron chi connectivity index (χ3n) is 5.55. The molecule has 2 aromatic rings. The third-order valence-corrected chi connectivity index (χ3v) is 6.95. The van der Waals surface area contributed by atoms with E-state index in [-0.39, 0.29) is 10.5 Å². The monoisotopic (exact) mass is 440 g/mol. The molecular weight excluding hydrogens is 413 g/mol. The van der Waals surface area contributed by atoms with Crippen LogP contribution in [0.3, 0.4) is 0 Å². The first kappa shape index (κ1) is 22.6. The minimum absolute atomic E-state index is 0.0291. The Hall–Kier alpha value is -2.06. The number of nitrogens with one attached hydrogen (secondary N) is 2. The van der Waals surface area contributed by atoms with E-state index in [2.05, 4.69) is 17.0 Å². The lowest BCUT2D eigenvalue weighted by Gasteiger charge is -2.26. The number of anilines is 1. The van der Waals surface area contributed by atoms with Crippen LogP contribution in [0.15, 0.2) is 47.4 Å². The van der Waals surface area contributed by atoms with E-state index in [1.165, 1.54) is 29.8 Å². The van der Waals surface area contributed by atoms with Crippen LogP contribution in [0.25, 0.3) is 0 Å². The lowest BCUT2D eigenvalue weighted by Crippen LogP contribution is -2.35. The lowest BCUT2D eigenvalue weighted by atomic mass is 9.88. The second-order valence-electron chi connectivity index (χ2n) is 7.82. The van der Waals surface area contributed by atoms with E-state index in [1.54, 1.807) is 6.07 Å². The molecule has 0 bridgehead atoms. The van der Waals surface area contributed by atoms with Gasteiger partial charge in [0.05, 0.1) is 10.8 Å². The van der Waals surface area contributed by atoms with Crippen LogP contribution in [0, 0.1) is 0 Å². The van der Waals surface area contributed by atoms with E-state index in [1.807, 2.05) is 12.1 Å². The van der Waals surface area contributed by atoms with Gasteiger partial charge in [-0.15, -0.1) is 0 Å². The molecule has 2 atom stereocenters. The van der Waals surface area contributed by atoms with Gasteiger partial charge in [-0.25, -0.2) is 8.42 Å². The molecular formula is C22H27F3N2O2S. The van der Waals surface area contributed by atoms with Crippen LogP contribution in [-0.4, -0.2) is 27.2 Å². The molecule has 0 saturated heterocycles. The van der Waals surface area contributed by atoms with Crippen molar-refractivity contribution in [2.75, 3.05) is 11.3 Å². The SMILES string of the molecule is CCCN[C@H]1CCc2cc(NS(=O)(=O)c3ccc(C(C)C(F)(F)F)cc3)ccc2C1. The second-order valence-corrected chi connectivity index (χ2v) is 9.50. The number of halogens is 3. The largest absolute Gasteiger partial charge is 0.395 e. The molecule has 8 heteroatoms. The van der Waals surface area contributed by atoms with Gasteiger partial charge in [-0.3, -0.25) is 4.72 Å². The molecule has 1 aliphatic rings. The molecule has 0 radical (unpaired) electrons. The fourth-order valence-electron chi connectivity index (χ4n) is 3.68. The fraction of sp³-hybridized carbons (Fsp3) is 0.455. The minimum atomic E-state index is -4.37. The number of rotatable bonds is 7. The number of alkyl halides is 3. The minimum Gasteiger partial charge on any atom is -0.314 e. The lowest BCUT2D eigenvalue weighted by molar-refractivity contribution is -0.146. The van der Waals surface area contributed by atoms with E-state index in [0.29, 0.717) is 11.7 Å². The zero-order valence-electron chi connectivity index (χ0n) is 17.1. The Bertz CT molecular complexity index is 973. The molecule has 0 amide bonds. The normalized spacial score (nSPS) is 18.0. The average molecular weight is 441 g/mol. The highest BCUT2D eigenvalue weighted by Crippen LogP contribution is 2.34. The van der Waals surface area contributed by atoms with Crippen LogP contribution >= 0.6 is 0 Å². The maximum Gasteiger partial charge on any atom is 0.395 e. The summed E-state index contributed by atoms with van der Waals surface area (Å²) in [4.78, 5) is -0.0674. The van der Waals surface area contributed by atoms with Gasteiger partial charge in [0.2, 0.25) is 0 Å². The molecule has 2 aromatic carbocycles. The van der Waals surface area contributed by atoms with Crippen molar-refractivity contribution in [3.63, 3.8) is 0 Å². The van der Waals surface area contributed by atoms with Crippen molar-refractivity contribution in [2.45, 2.75) is 62.6 Å². The van der Waals surface area contributed by atoms with Crippen molar-refractivity contribution < 1.29 is 21.6 Å². The summed E-state index contributed by atoms with van der Waals surface area (Å²) < 4.78 is 66.4. The van der Waals surface area contributed by atoms with Gasteiger partial charge in [0.15, 0.2) is 0 Å². The summed E-state index contributed by atoms with van der Waals surface area (Å²) in [6, 6.07) is 10.8. The van der Waals surface area contributed by atoms with Gasteiger partial charge < -0.3 is 5.32 Å². The van der Waals surface area contributed by atoms with Crippen LogP contribution in [0.4, 0.5) is 18.9 Å². The first-order valence-corrected chi connectivity index (χ1v) is 11.6. The molecule has 0 fully saturated rings. The molecule has 164 valence electrons. The van der Waals surface area contributed by atoms with E-state index in [9.17, 15) is 21.6 Å². The van der Waals surface area contributed by atoms with E-state index in [0.717, 1.165) is 44.7 Å². The summed E-state index contributed by atoms with van der Waals surface area (Å²) in [5.41, 5.74) is 2.82. The van der Waals surface area contributed by atoms with E-state index in [4.69, 9.17) is 0 Å². The summed E-state index contributed by atoms with van der Waals surface area (Å²) in [6.07, 6.45) is -0.493. The summed E-state index contributed by atoms with van der Waals surface area (Å²) in [6.45, 7) is 4.17. The second kappa shape index (κ2) is 8.98. The van der Waals surface area contributed by atoms with Gasteiger partial charge >= 0.3 is 6.18 Å². The first-order chi connectivity index (χ1) is 14.1. The van der Waals surface area contributed by atoms with E-state index >= 15 is 0 Å². The molecule has 30 heavy (non-hydrogen) atoms. The molecule has 1 unspecified atom stereocenters. The van der Waals surface area contributed by atoms with Crippen molar-refractivity contribution in [3.05, 3.63) is 59.2 Å². The fourth-order valence-corrected chi connectivity index (χ4v) is 4.73. The highest BCUT2D eigenvalue weighted by molar-refractivity contribution is 7.92. The maximum absolute atomic E-state index is 12.8. The first-order valence-electron chi connectivity index (χ1n) is 10.1. The highest BCUT2D eigenvalue weighted by atomic mass is 32.2. The van der Waals surface area contributed by atoms with Crippen LogP contribution in [-0.2, 0) is 22.9 Å². The van der Waals surface area contributed by atoms with Crippen LogP contribution < -0.4 is 10.0 Å². The molecule has 0 aliphatic heterocycles. The van der Waals surface area contributed by atoms with Gasteiger partial charge in [-0.05, 0) is 80.1 Å². The Balaban J connectivity index is 1.72. The number of fused-ring (bicyclic) bond motifs is 1. The Morgan fingerprint density at radius 3 is 2.43 bits per heavy atom. The predicted molar refractivity (Wildman–Crippen MR) is 112 cm³/mol. The summed E-state index contributed by atoms with van der Waals surface area (Å²) in [5, 5.41) is 3.53. The number of sulfonamides is 1. The Morgan fingerprint density at radius 1 is 1.10 bits per heavy atom. The molecule has 3 rings (SSSR count). The van der Waals surface area contributed by atoms with Crippen molar-refractivity contribution >= 4 is 15.7 Å². The van der Waals surface area contributed by atoms with Crippen molar-refractivity contribution in [1.82, 2.24) is 5.32 Å². The standard InChI is InChI=1S/C22H27F3N2O2S/c1-3-12-26-19-8-4-18-14-20(9-5-17(18)13-19)27-30(28,29)21-10-6-16(7-11-21)15(2)22(23,24)25/h5-7,9-11,14-15,19,26-27H,3-4,8,12-13H2,1-2H3/t15?,19-/m0/s1.